The van der Waals surface area contributed by atoms with E-state index in [1.54, 1.807) is 0 Å². The van der Waals surface area contributed by atoms with Crippen LogP contribution in [0.15, 0.2) is 28.7 Å². The van der Waals surface area contributed by atoms with Gasteiger partial charge < -0.3 is 4.90 Å². The highest BCUT2D eigenvalue weighted by atomic mass is 79.9. The SMILES string of the molecule is CC1CCCN(CC(Cl)c2cccc(Br)c2)C1. The quantitative estimate of drug-likeness (QED) is 0.744. The van der Waals surface area contributed by atoms with E-state index in [1.807, 2.05) is 12.1 Å². The third-order valence-corrected chi connectivity index (χ3v) is 4.25. The fraction of sp³-hybridized carbons (Fsp3) is 0.571. The van der Waals surface area contributed by atoms with Crippen LogP contribution >= 0.6 is 27.5 Å². The molecule has 0 N–H and O–H groups in total. The molecule has 1 nitrogen and oxygen atoms in total. The summed E-state index contributed by atoms with van der Waals surface area (Å²) in [5.74, 6) is 0.815. The Morgan fingerprint density at radius 1 is 1.53 bits per heavy atom. The highest BCUT2D eigenvalue weighted by molar-refractivity contribution is 9.10. The van der Waals surface area contributed by atoms with Gasteiger partial charge in [0.15, 0.2) is 0 Å². The van der Waals surface area contributed by atoms with Crippen LogP contribution in [0, 0.1) is 5.92 Å². The van der Waals surface area contributed by atoms with Gasteiger partial charge in [0.2, 0.25) is 0 Å². The van der Waals surface area contributed by atoms with E-state index in [4.69, 9.17) is 11.6 Å². The van der Waals surface area contributed by atoms with Crippen LogP contribution in [-0.4, -0.2) is 24.5 Å². The molecular weight excluding hydrogens is 298 g/mol. The molecule has 1 saturated heterocycles. The molecule has 0 aromatic heterocycles. The van der Waals surface area contributed by atoms with Crippen molar-refractivity contribution < 1.29 is 0 Å². The average Bonchev–Trinajstić information content (AvgIpc) is 2.29. The number of hydrogen-bond acceptors (Lipinski definition) is 1. The first-order valence-electron chi connectivity index (χ1n) is 6.27. The Balaban J connectivity index is 1.94. The van der Waals surface area contributed by atoms with E-state index in [9.17, 15) is 0 Å². The van der Waals surface area contributed by atoms with E-state index in [-0.39, 0.29) is 5.38 Å². The second kappa shape index (κ2) is 6.21. The molecule has 0 saturated carbocycles. The Labute approximate surface area is 117 Å². The van der Waals surface area contributed by atoms with Gasteiger partial charge in [-0.3, -0.25) is 0 Å². The average molecular weight is 317 g/mol. The minimum atomic E-state index is 0.0952. The van der Waals surface area contributed by atoms with Crippen LogP contribution in [0.3, 0.4) is 0 Å². The molecule has 1 aromatic rings. The van der Waals surface area contributed by atoms with Crippen molar-refractivity contribution in [2.75, 3.05) is 19.6 Å². The fourth-order valence-corrected chi connectivity index (χ4v) is 3.23. The number of benzene rings is 1. The standard InChI is InChI=1S/C14H19BrClN/c1-11-4-3-7-17(9-11)10-14(16)12-5-2-6-13(15)8-12/h2,5-6,8,11,14H,3-4,7,9-10H2,1H3. The zero-order valence-corrected chi connectivity index (χ0v) is 12.5. The topological polar surface area (TPSA) is 3.24 Å². The van der Waals surface area contributed by atoms with Gasteiger partial charge in [-0.25, -0.2) is 0 Å². The second-order valence-electron chi connectivity index (χ2n) is 5.03. The summed E-state index contributed by atoms with van der Waals surface area (Å²) in [6.07, 6.45) is 2.67. The second-order valence-corrected chi connectivity index (χ2v) is 6.47. The first kappa shape index (κ1) is 13.4. The fourth-order valence-electron chi connectivity index (χ4n) is 2.49. The zero-order valence-electron chi connectivity index (χ0n) is 10.2. The maximum absolute atomic E-state index is 6.50. The van der Waals surface area contributed by atoms with Gasteiger partial charge in [-0.05, 0) is 43.0 Å². The number of halogens is 2. The summed E-state index contributed by atoms with van der Waals surface area (Å²) in [4.78, 5) is 2.49. The molecule has 1 fully saturated rings. The van der Waals surface area contributed by atoms with Crippen LogP contribution in [0.25, 0.3) is 0 Å². The third kappa shape index (κ3) is 3.97. The van der Waals surface area contributed by atoms with Gasteiger partial charge >= 0.3 is 0 Å². The maximum atomic E-state index is 6.50. The van der Waals surface area contributed by atoms with Gasteiger partial charge in [0, 0.05) is 17.6 Å². The van der Waals surface area contributed by atoms with Crippen molar-refractivity contribution in [1.82, 2.24) is 4.90 Å². The summed E-state index contributed by atoms with van der Waals surface area (Å²) in [7, 11) is 0. The number of piperidine rings is 1. The molecule has 1 aromatic carbocycles. The summed E-state index contributed by atoms with van der Waals surface area (Å²) in [6.45, 7) is 5.68. The smallest absolute Gasteiger partial charge is 0.0712 e. The van der Waals surface area contributed by atoms with Crippen molar-refractivity contribution in [1.29, 1.82) is 0 Å². The van der Waals surface area contributed by atoms with Gasteiger partial charge in [0.1, 0.15) is 0 Å². The van der Waals surface area contributed by atoms with Crippen LogP contribution in [0.4, 0.5) is 0 Å². The van der Waals surface area contributed by atoms with Crippen LogP contribution in [0.5, 0.6) is 0 Å². The summed E-state index contributed by atoms with van der Waals surface area (Å²) in [6, 6.07) is 8.31. The predicted octanol–water partition coefficient (Wildman–Crippen LogP) is 4.46. The summed E-state index contributed by atoms with van der Waals surface area (Å²) in [5.41, 5.74) is 1.21. The molecule has 2 unspecified atom stereocenters. The molecule has 2 atom stereocenters. The number of nitrogens with zero attached hydrogens (tertiary/aromatic N) is 1. The molecule has 1 aliphatic rings. The molecule has 3 heteroatoms. The first-order chi connectivity index (χ1) is 8.15. The van der Waals surface area contributed by atoms with Crippen molar-refractivity contribution in [2.24, 2.45) is 5.92 Å². The molecule has 2 rings (SSSR count). The van der Waals surface area contributed by atoms with Crippen molar-refractivity contribution in [3.8, 4) is 0 Å². The Morgan fingerprint density at radius 3 is 3.06 bits per heavy atom. The van der Waals surface area contributed by atoms with Crippen molar-refractivity contribution in [3.63, 3.8) is 0 Å². The number of likely N-dealkylation sites (tertiary alicyclic amines) is 1. The van der Waals surface area contributed by atoms with Gasteiger partial charge in [-0.2, -0.15) is 0 Å². The molecule has 1 heterocycles. The molecule has 0 spiro atoms. The third-order valence-electron chi connectivity index (χ3n) is 3.37. The Morgan fingerprint density at radius 2 is 2.35 bits per heavy atom. The van der Waals surface area contributed by atoms with Gasteiger partial charge in [0.05, 0.1) is 5.38 Å². The number of hydrogen-bond donors (Lipinski definition) is 0. The molecule has 1 aliphatic heterocycles. The van der Waals surface area contributed by atoms with Crippen molar-refractivity contribution in [3.05, 3.63) is 34.3 Å². The molecular formula is C14H19BrClN. The van der Waals surface area contributed by atoms with Crippen molar-refractivity contribution >= 4 is 27.5 Å². The van der Waals surface area contributed by atoms with E-state index >= 15 is 0 Å². The van der Waals surface area contributed by atoms with Gasteiger partial charge in [-0.15, -0.1) is 11.6 Å². The largest absolute Gasteiger partial charge is 0.301 e. The molecule has 0 aliphatic carbocycles. The minimum Gasteiger partial charge on any atom is -0.301 e. The monoisotopic (exact) mass is 315 g/mol. The Kier molecular flexibility index (Phi) is 4.89. The van der Waals surface area contributed by atoms with Gasteiger partial charge in [0.25, 0.3) is 0 Å². The molecule has 0 amide bonds. The zero-order chi connectivity index (χ0) is 12.3. The molecule has 17 heavy (non-hydrogen) atoms. The van der Waals surface area contributed by atoms with E-state index in [0.717, 1.165) is 16.9 Å². The molecule has 94 valence electrons. The van der Waals surface area contributed by atoms with E-state index < -0.39 is 0 Å². The summed E-state index contributed by atoms with van der Waals surface area (Å²) in [5, 5.41) is 0.0952. The Bertz CT molecular complexity index is 369. The lowest BCUT2D eigenvalue weighted by Crippen LogP contribution is -2.36. The highest BCUT2D eigenvalue weighted by Crippen LogP contribution is 2.26. The predicted molar refractivity (Wildman–Crippen MR) is 77.6 cm³/mol. The lowest BCUT2D eigenvalue weighted by molar-refractivity contribution is 0.184. The van der Waals surface area contributed by atoms with Gasteiger partial charge in [-0.1, -0.05) is 35.0 Å². The lowest BCUT2D eigenvalue weighted by Gasteiger charge is -2.32. The summed E-state index contributed by atoms with van der Waals surface area (Å²) >= 11 is 9.99. The lowest BCUT2D eigenvalue weighted by atomic mass is 10.00. The van der Waals surface area contributed by atoms with Crippen molar-refractivity contribution in [2.45, 2.75) is 25.1 Å². The van der Waals surface area contributed by atoms with Crippen LogP contribution in [0.2, 0.25) is 0 Å². The van der Waals surface area contributed by atoms with Crippen LogP contribution in [-0.2, 0) is 0 Å². The number of rotatable bonds is 3. The van der Waals surface area contributed by atoms with E-state index in [0.29, 0.717) is 0 Å². The van der Waals surface area contributed by atoms with E-state index in [1.165, 1.54) is 31.5 Å². The maximum Gasteiger partial charge on any atom is 0.0712 e. The van der Waals surface area contributed by atoms with E-state index in [2.05, 4.69) is 39.9 Å². The molecule has 0 bridgehead atoms. The van der Waals surface area contributed by atoms with Crippen LogP contribution < -0.4 is 0 Å². The highest BCUT2D eigenvalue weighted by Gasteiger charge is 2.19. The molecule has 0 radical (unpaired) electrons. The first-order valence-corrected chi connectivity index (χ1v) is 7.50. The minimum absolute atomic E-state index is 0.0952. The normalized spacial score (nSPS) is 23.6. The van der Waals surface area contributed by atoms with Crippen LogP contribution in [0.1, 0.15) is 30.7 Å². The Hall–Kier alpha value is -0.0500. The summed E-state index contributed by atoms with van der Waals surface area (Å²) < 4.78 is 1.10. The number of alkyl halides is 1.